The largest absolute Gasteiger partial charge is 0.542 e. The van der Waals surface area contributed by atoms with Crippen molar-refractivity contribution >= 4 is 14.0 Å². The molecule has 1 atom stereocenters. The van der Waals surface area contributed by atoms with Crippen LogP contribution in [0.15, 0.2) is 18.2 Å². The lowest BCUT2D eigenvalue weighted by Gasteiger charge is -2.42. The van der Waals surface area contributed by atoms with Crippen LogP contribution in [0.1, 0.15) is 11.6 Å². The molecule has 9 heteroatoms. The number of hydrogen-bond acceptors (Lipinski definition) is 4. The topological polar surface area (TPSA) is 38.8 Å². The highest BCUT2D eigenvalue weighted by Crippen LogP contribution is 2.30. The second kappa shape index (κ2) is 6.44. The molecule has 2 rings (SSSR count). The first-order chi connectivity index (χ1) is 9.92. The average molecular weight is 305 g/mol. The number of carbonyl (C=O) groups is 1. The quantitative estimate of drug-likeness (QED) is 0.601. The predicted octanol–water partition coefficient (Wildman–Crippen LogP) is 1.02. The molecule has 0 bridgehead atoms. The van der Waals surface area contributed by atoms with E-state index in [-0.39, 0.29) is 18.7 Å². The van der Waals surface area contributed by atoms with E-state index < -0.39 is 36.4 Å². The van der Waals surface area contributed by atoms with Gasteiger partial charge in [-0.2, -0.15) is 8.78 Å². The van der Waals surface area contributed by atoms with Crippen LogP contribution in [0.5, 0.6) is 0 Å². The molecule has 0 saturated carbocycles. The Balaban J connectivity index is 2.15. The van der Waals surface area contributed by atoms with Crippen LogP contribution in [0, 0.1) is 11.6 Å². The lowest BCUT2D eigenvalue weighted by molar-refractivity contribution is -0.203. The van der Waals surface area contributed by atoms with Crippen LogP contribution in [-0.4, -0.2) is 44.7 Å². The van der Waals surface area contributed by atoms with Gasteiger partial charge in [0.25, 0.3) is 0 Å². The van der Waals surface area contributed by atoms with Crippen LogP contribution in [0.2, 0.25) is 0 Å². The Bertz CT molecular complexity index is 525. The second-order valence-corrected chi connectivity index (χ2v) is 4.56. The number of ether oxygens (including phenoxy) is 1. The van der Waals surface area contributed by atoms with Gasteiger partial charge in [0.15, 0.2) is 0 Å². The van der Waals surface area contributed by atoms with E-state index >= 15 is 0 Å². The van der Waals surface area contributed by atoms with Gasteiger partial charge in [0.05, 0.1) is 6.10 Å². The predicted molar refractivity (Wildman–Crippen MR) is 66.2 cm³/mol. The fourth-order valence-corrected chi connectivity index (χ4v) is 2.22. The molecule has 1 aliphatic heterocycles. The van der Waals surface area contributed by atoms with E-state index in [1.54, 1.807) is 0 Å². The molecular weight excluding hydrogens is 293 g/mol. The number of benzene rings is 1. The maximum Gasteiger partial charge on any atom is 0.345 e. The van der Waals surface area contributed by atoms with Gasteiger partial charge in [0.1, 0.15) is 17.7 Å². The van der Waals surface area contributed by atoms with Gasteiger partial charge in [-0.15, -0.1) is 0 Å². The molecule has 114 valence electrons. The van der Waals surface area contributed by atoms with Gasteiger partial charge >= 0.3 is 20.6 Å². The van der Waals surface area contributed by atoms with Crippen LogP contribution in [0.25, 0.3) is 0 Å². The normalized spacial score (nSPS) is 17.6. The molecule has 1 unspecified atom stereocenters. The maximum atomic E-state index is 13.8. The van der Waals surface area contributed by atoms with Crippen molar-refractivity contribution in [1.82, 2.24) is 4.90 Å². The van der Waals surface area contributed by atoms with Crippen molar-refractivity contribution in [2.24, 2.45) is 0 Å². The van der Waals surface area contributed by atoms with Crippen molar-refractivity contribution in [3.63, 3.8) is 0 Å². The summed E-state index contributed by atoms with van der Waals surface area (Å²) in [4.78, 5) is 13.2. The molecule has 0 aliphatic carbocycles. The van der Waals surface area contributed by atoms with Crippen LogP contribution in [0.4, 0.5) is 17.6 Å². The van der Waals surface area contributed by atoms with E-state index in [4.69, 9.17) is 0 Å². The summed E-state index contributed by atoms with van der Waals surface area (Å²) in [5, 5.41) is 0. The summed E-state index contributed by atoms with van der Waals surface area (Å²) < 4.78 is 59.7. The molecule has 21 heavy (non-hydrogen) atoms. The summed E-state index contributed by atoms with van der Waals surface area (Å²) in [7, 11) is 1.13. The third-order valence-corrected chi connectivity index (χ3v) is 3.22. The smallest absolute Gasteiger partial charge is 0.345 e. The van der Waals surface area contributed by atoms with Crippen LogP contribution >= 0.6 is 0 Å². The summed E-state index contributed by atoms with van der Waals surface area (Å²) in [6.07, 6.45) is -0.735. The Morgan fingerprint density at radius 3 is 2.52 bits per heavy atom. The van der Waals surface area contributed by atoms with E-state index in [1.165, 1.54) is 4.90 Å². The van der Waals surface area contributed by atoms with Crippen LogP contribution in [-0.2, 0) is 14.2 Å². The van der Waals surface area contributed by atoms with Gasteiger partial charge in [-0.05, 0) is 6.07 Å². The number of nitrogens with zero attached hydrogens (tertiary/aromatic N) is 1. The summed E-state index contributed by atoms with van der Waals surface area (Å²) in [5.41, 5.74) is -0.0706. The van der Waals surface area contributed by atoms with E-state index in [0.717, 1.165) is 20.2 Å². The Morgan fingerprint density at radius 2 is 2.00 bits per heavy atom. The first kappa shape index (κ1) is 15.8. The summed E-state index contributed by atoms with van der Waals surface area (Å²) >= 11 is 0. The lowest BCUT2D eigenvalue weighted by Crippen LogP contribution is -2.55. The Hall–Kier alpha value is -1.61. The van der Waals surface area contributed by atoms with Crippen molar-refractivity contribution in [3.05, 3.63) is 35.4 Å². The highest BCUT2D eigenvalue weighted by molar-refractivity contribution is 6.06. The number of hydrogen-bond donors (Lipinski definition) is 0. The average Bonchev–Trinajstić information content (AvgIpc) is 2.37. The molecule has 1 aromatic rings. The first-order valence-electron chi connectivity index (χ1n) is 6.12. The van der Waals surface area contributed by atoms with Crippen LogP contribution < -0.4 is 0 Å². The van der Waals surface area contributed by atoms with Crippen LogP contribution in [0.3, 0.4) is 0 Å². The van der Waals surface area contributed by atoms with E-state index in [0.29, 0.717) is 6.07 Å². The van der Waals surface area contributed by atoms with Gasteiger partial charge < -0.3 is 9.39 Å². The van der Waals surface area contributed by atoms with Crippen molar-refractivity contribution < 1.29 is 31.7 Å². The minimum atomic E-state index is -2.91. The zero-order valence-corrected chi connectivity index (χ0v) is 11.1. The standard InChI is InChI=1S/C12H12BF4NO3/c13-21-11(19)10(8-2-1-6(14)3-9(8)15)18-4-7(5-18)20-12(16)17/h1-3,7,10,12H,4-5,13H2. The molecule has 1 saturated heterocycles. The van der Waals surface area contributed by atoms with Gasteiger partial charge in [-0.25, -0.2) is 8.78 Å². The summed E-state index contributed by atoms with van der Waals surface area (Å²) in [6, 6.07) is 1.68. The van der Waals surface area contributed by atoms with E-state index in [1.807, 2.05) is 0 Å². The molecule has 0 N–H and O–H groups in total. The zero-order valence-electron chi connectivity index (χ0n) is 11.1. The van der Waals surface area contributed by atoms with Crippen molar-refractivity contribution in [2.45, 2.75) is 18.8 Å². The fraction of sp³-hybridized carbons (Fsp3) is 0.417. The van der Waals surface area contributed by atoms with Gasteiger partial charge in [-0.3, -0.25) is 9.69 Å². The number of carbonyl (C=O) groups excluding carboxylic acids is 1. The molecule has 1 heterocycles. The molecular formula is C12H12BF4NO3. The third-order valence-electron chi connectivity index (χ3n) is 3.22. The number of halogens is 4. The molecule has 1 aliphatic rings. The Morgan fingerprint density at radius 1 is 1.33 bits per heavy atom. The Kier molecular flexibility index (Phi) is 4.84. The fourth-order valence-electron chi connectivity index (χ4n) is 2.22. The summed E-state index contributed by atoms with van der Waals surface area (Å²) in [6.45, 7) is -2.85. The lowest BCUT2D eigenvalue weighted by atomic mass is 9.99. The van der Waals surface area contributed by atoms with Gasteiger partial charge in [0, 0.05) is 24.7 Å². The minimum Gasteiger partial charge on any atom is -0.542 e. The Labute approximate surface area is 119 Å². The highest BCUT2D eigenvalue weighted by Gasteiger charge is 2.40. The molecule has 4 nitrogen and oxygen atoms in total. The molecule has 0 aromatic heterocycles. The van der Waals surface area contributed by atoms with Crippen molar-refractivity contribution in [3.8, 4) is 0 Å². The summed E-state index contributed by atoms with van der Waals surface area (Å²) in [5.74, 6) is -2.43. The number of likely N-dealkylation sites (tertiary alicyclic amines) is 1. The van der Waals surface area contributed by atoms with E-state index in [2.05, 4.69) is 9.39 Å². The molecule has 0 amide bonds. The monoisotopic (exact) mass is 305 g/mol. The molecule has 1 fully saturated rings. The van der Waals surface area contributed by atoms with E-state index in [9.17, 15) is 22.4 Å². The molecule has 1 aromatic carbocycles. The highest BCUT2D eigenvalue weighted by atomic mass is 19.3. The van der Waals surface area contributed by atoms with Crippen molar-refractivity contribution in [2.75, 3.05) is 13.1 Å². The van der Waals surface area contributed by atoms with Crippen molar-refractivity contribution in [1.29, 1.82) is 0 Å². The number of alkyl halides is 2. The molecule has 0 radical (unpaired) electrons. The van der Waals surface area contributed by atoms with Gasteiger partial charge in [0.2, 0.25) is 0 Å². The maximum absolute atomic E-state index is 13.8. The molecule has 0 spiro atoms. The second-order valence-electron chi connectivity index (χ2n) is 4.56. The first-order valence-corrected chi connectivity index (χ1v) is 6.12. The van der Waals surface area contributed by atoms with Gasteiger partial charge in [-0.1, -0.05) is 6.07 Å². The number of rotatable bonds is 5. The SMILES string of the molecule is BOC(=O)C(c1ccc(F)cc1F)N1CC(OC(F)F)C1. The minimum absolute atomic E-state index is 0.0287. The third kappa shape index (κ3) is 3.54. The zero-order chi connectivity index (χ0) is 15.6.